The Bertz CT molecular complexity index is 1080. The maximum Gasteiger partial charge on any atom is 0.414 e. The second-order valence-corrected chi connectivity index (χ2v) is 7.51. The monoisotopic (exact) mass is 457 g/mol. The molecule has 6 N–H and O–H groups in total. The number of carbonyl (C=O) groups excluding carboxylic acids is 4. The summed E-state index contributed by atoms with van der Waals surface area (Å²) in [5, 5.41) is 5.09. The van der Waals surface area contributed by atoms with Gasteiger partial charge in [-0.15, -0.1) is 0 Å². The summed E-state index contributed by atoms with van der Waals surface area (Å²) in [7, 11) is 0. The second kappa shape index (κ2) is 10.1. The minimum atomic E-state index is -1.43. The van der Waals surface area contributed by atoms with Gasteiger partial charge in [-0.2, -0.15) is 0 Å². The van der Waals surface area contributed by atoms with Gasteiger partial charge in [-0.1, -0.05) is 24.3 Å². The highest BCUT2D eigenvalue weighted by molar-refractivity contribution is 6.03. The lowest BCUT2D eigenvalue weighted by Gasteiger charge is -2.15. The number of rotatable bonds is 8. The summed E-state index contributed by atoms with van der Waals surface area (Å²) in [6.07, 6.45) is -1.13. The molecule has 0 bridgehead atoms. The van der Waals surface area contributed by atoms with Gasteiger partial charge in [0.15, 0.2) is 6.04 Å². The number of nitrogens with two attached hydrogens (primary N) is 2. The second-order valence-electron chi connectivity index (χ2n) is 7.51. The molecule has 33 heavy (non-hydrogen) atoms. The smallest absolute Gasteiger partial charge is 0.414 e. The number of amides is 4. The van der Waals surface area contributed by atoms with Gasteiger partial charge in [-0.05, 0) is 29.3 Å². The topological polar surface area (TPSA) is 157 Å². The van der Waals surface area contributed by atoms with Crippen molar-refractivity contribution in [1.82, 2.24) is 10.6 Å². The molecule has 10 nitrogen and oxygen atoms in total. The molecular weight excluding hydrogens is 433 g/mol. The van der Waals surface area contributed by atoms with E-state index < -0.39 is 35.9 Å². The number of ether oxygens (including phenoxy) is 1. The molecule has 2 aromatic carbocycles. The van der Waals surface area contributed by atoms with E-state index in [0.717, 1.165) is 0 Å². The molecule has 3 rings (SSSR count). The number of anilines is 1. The Hall–Kier alpha value is -3.99. The number of nitrogens with one attached hydrogen (secondary N) is 2. The molecule has 1 heterocycles. The lowest BCUT2D eigenvalue weighted by molar-refractivity contribution is -0.129. The van der Waals surface area contributed by atoms with Crippen molar-refractivity contribution in [2.24, 2.45) is 11.5 Å². The van der Waals surface area contributed by atoms with E-state index in [0.29, 0.717) is 22.4 Å². The molecule has 0 spiro atoms. The van der Waals surface area contributed by atoms with Crippen molar-refractivity contribution < 1.29 is 28.3 Å². The fraction of sp³-hybridized carbons (Fsp3) is 0.273. The number of benzene rings is 2. The maximum absolute atomic E-state index is 14.8. The Morgan fingerprint density at radius 1 is 1.18 bits per heavy atom. The van der Waals surface area contributed by atoms with Crippen LogP contribution in [0.3, 0.4) is 0 Å². The summed E-state index contributed by atoms with van der Waals surface area (Å²) >= 11 is 0. The Morgan fingerprint density at radius 3 is 2.48 bits per heavy atom. The van der Waals surface area contributed by atoms with Gasteiger partial charge in [0, 0.05) is 19.0 Å². The predicted octanol–water partition coefficient (Wildman–Crippen LogP) is 0.383. The molecule has 0 aromatic heterocycles. The Kier molecular flexibility index (Phi) is 7.23. The van der Waals surface area contributed by atoms with Gasteiger partial charge >= 0.3 is 6.09 Å². The average molecular weight is 457 g/mol. The molecule has 0 saturated carbocycles. The molecule has 11 heteroatoms. The van der Waals surface area contributed by atoms with Crippen LogP contribution in [-0.4, -0.2) is 49.1 Å². The minimum absolute atomic E-state index is 0.123. The van der Waals surface area contributed by atoms with E-state index in [1.54, 1.807) is 36.4 Å². The molecule has 0 aliphatic carbocycles. The third-order valence-electron chi connectivity index (χ3n) is 5.04. The fourth-order valence-corrected chi connectivity index (χ4v) is 3.23. The number of hydrogen-bond donors (Lipinski definition) is 4. The first-order chi connectivity index (χ1) is 15.7. The quantitative estimate of drug-likeness (QED) is 0.420. The van der Waals surface area contributed by atoms with Crippen LogP contribution in [0.1, 0.15) is 12.5 Å². The standard InChI is InChI=1S/C22H24FN5O5/c1-12(29)26-10-16-11-28(22(32)33-16)15-6-7-17(18(23)8-15)14-4-2-13(3-5-14)9-27-21(31)19(24)20(25)30/h2-8,16,19H,9-11,24H2,1H3,(H2,25,30)(H,26,29)(H,27,31)/t16-,19+/m0/s1. The van der Waals surface area contributed by atoms with Crippen LogP contribution in [0.25, 0.3) is 11.1 Å². The molecule has 2 aromatic rings. The molecule has 1 fully saturated rings. The van der Waals surface area contributed by atoms with Crippen LogP contribution < -0.4 is 27.0 Å². The highest BCUT2D eigenvalue weighted by Gasteiger charge is 2.32. The highest BCUT2D eigenvalue weighted by atomic mass is 19.1. The van der Waals surface area contributed by atoms with Gasteiger partial charge in [0.1, 0.15) is 11.9 Å². The van der Waals surface area contributed by atoms with E-state index in [-0.39, 0.29) is 25.5 Å². The molecule has 0 unspecified atom stereocenters. The van der Waals surface area contributed by atoms with E-state index in [4.69, 9.17) is 16.2 Å². The third-order valence-corrected chi connectivity index (χ3v) is 5.04. The molecule has 0 radical (unpaired) electrons. The van der Waals surface area contributed by atoms with E-state index in [9.17, 15) is 23.6 Å². The minimum Gasteiger partial charge on any atom is -0.442 e. The Morgan fingerprint density at radius 2 is 1.88 bits per heavy atom. The summed E-state index contributed by atoms with van der Waals surface area (Å²) in [4.78, 5) is 47.1. The van der Waals surface area contributed by atoms with Crippen LogP contribution in [0.15, 0.2) is 42.5 Å². The molecule has 2 atom stereocenters. The lowest BCUT2D eigenvalue weighted by Crippen LogP contribution is -2.48. The molecule has 1 aliphatic rings. The summed E-state index contributed by atoms with van der Waals surface area (Å²) in [6, 6.07) is 9.75. The van der Waals surface area contributed by atoms with E-state index in [1.807, 2.05) is 0 Å². The van der Waals surface area contributed by atoms with Gasteiger partial charge in [-0.25, -0.2) is 9.18 Å². The third kappa shape index (κ3) is 5.83. The molecule has 174 valence electrons. The van der Waals surface area contributed by atoms with Gasteiger partial charge in [0.25, 0.3) is 0 Å². The van der Waals surface area contributed by atoms with Gasteiger partial charge in [0.2, 0.25) is 17.7 Å². The zero-order chi connectivity index (χ0) is 24.1. The lowest BCUT2D eigenvalue weighted by atomic mass is 10.0. The van der Waals surface area contributed by atoms with E-state index in [2.05, 4.69) is 10.6 Å². The van der Waals surface area contributed by atoms with Crippen LogP contribution in [0.4, 0.5) is 14.9 Å². The van der Waals surface area contributed by atoms with Crippen LogP contribution in [0.5, 0.6) is 0 Å². The first-order valence-corrected chi connectivity index (χ1v) is 10.1. The van der Waals surface area contributed by atoms with Crippen molar-refractivity contribution in [2.45, 2.75) is 25.6 Å². The Labute approximate surface area is 189 Å². The summed E-state index contributed by atoms with van der Waals surface area (Å²) in [5.41, 5.74) is 12.3. The zero-order valence-electron chi connectivity index (χ0n) is 17.8. The fourth-order valence-electron chi connectivity index (χ4n) is 3.23. The van der Waals surface area contributed by atoms with Gasteiger partial charge < -0.3 is 26.8 Å². The average Bonchev–Trinajstić information content (AvgIpc) is 3.16. The number of carbonyl (C=O) groups is 4. The van der Waals surface area contributed by atoms with Crippen molar-refractivity contribution in [2.75, 3.05) is 18.0 Å². The molecule has 4 amide bonds. The summed E-state index contributed by atoms with van der Waals surface area (Å²) in [5.74, 6) is -2.37. The van der Waals surface area contributed by atoms with E-state index >= 15 is 0 Å². The van der Waals surface area contributed by atoms with Crippen molar-refractivity contribution in [3.05, 3.63) is 53.8 Å². The zero-order valence-corrected chi connectivity index (χ0v) is 17.8. The van der Waals surface area contributed by atoms with Crippen LogP contribution in [0.2, 0.25) is 0 Å². The van der Waals surface area contributed by atoms with Gasteiger partial charge in [-0.3, -0.25) is 19.3 Å². The maximum atomic E-state index is 14.8. The van der Waals surface area contributed by atoms with Gasteiger partial charge in [0.05, 0.1) is 18.8 Å². The normalized spacial score (nSPS) is 16.2. The number of primary amides is 1. The predicted molar refractivity (Wildman–Crippen MR) is 117 cm³/mol. The molecule has 1 saturated heterocycles. The number of halogens is 1. The first kappa shape index (κ1) is 23.7. The Balaban J connectivity index is 1.65. The number of cyclic esters (lactones) is 1. The highest BCUT2D eigenvalue weighted by Crippen LogP contribution is 2.29. The van der Waals surface area contributed by atoms with Crippen molar-refractivity contribution >= 4 is 29.5 Å². The number of nitrogens with zero attached hydrogens (tertiary/aromatic N) is 1. The first-order valence-electron chi connectivity index (χ1n) is 10.1. The van der Waals surface area contributed by atoms with Crippen molar-refractivity contribution in [3.63, 3.8) is 0 Å². The number of hydrogen-bond acceptors (Lipinski definition) is 6. The van der Waals surface area contributed by atoms with Crippen LogP contribution in [0, 0.1) is 5.82 Å². The molecular formula is C22H24FN5O5. The SMILES string of the molecule is CC(=O)NC[C@H]1CN(c2ccc(-c3ccc(CNC(=O)[C@H](N)C(N)=O)cc3)c(F)c2)C(=O)O1. The van der Waals surface area contributed by atoms with E-state index in [1.165, 1.54) is 17.9 Å². The largest absolute Gasteiger partial charge is 0.442 e. The molecule has 1 aliphatic heterocycles. The summed E-state index contributed by atoms with van der Waals surface area (Å²) < 4.78 is 20.0. The van der Waals surface area contributed by atoms with Crippen LogP contribution in [-0.2, 0) is 25.7 Å². The summed E-state index contributed by atoms with van der Waals surface area (Å²) in [6.45, 7) is 1.86. The van der Waals surface area contributed by atoms with Crippen molar-refractivity contribution in [1.29, 1.82) is 0 Å². The van der Waals surface area contributed by atoms with Crippen molar-refractivity contribution in [3.8, 4) is 11.1 Å². The van der Waals surface area contributed by atoms with Crippen LogP contribution >= 0.6 is 0 Å².